The van der Waals surface area contributed by atoms with Crippen LogP contribution in [0.15, 0.2) is 24.3 Å². The molecular weight excluding hydrogens is 256 g/mol. The molecule has 2 aliphatic heterocycles. The summed E-state index contributed by atoms with van der Waals surface area (Å²) in [6, 6.07) is 7.67. The van der Waals surface area contributed by atoms with Gasteiger partial charge >= 0.3 is 0 Å². The van der Waals surface area contributed by atoms with Gasteiger partial charge in [-0.05, 0) is 31.9 Å². The number of anilines is 1. The van der Waals surface area contributed by atoms with Crippen LogP contribution < -0.4 is 15.4 Å². The molecule has 3 unspecified atom stereocenters. The Morgan fingerprint density at radius 1 is 1.45 bits per heavy atom. The molecule has 2 N–H and O–H groups in total. The van der Waals surface area contributed by atoms with Crippen LogP contribution in [0.3, 0.4) is 0 Å². The maximum atomic E-state index is 12.2. The normalized spacial score (nSPS) is 26.1. The summed E-state index contributed by atoms with van der Waals surface area (Å²) in [5.74, 6) is 0.638. The monoisotopic (exact) mass is 276 g/mol. The number of benzene rings is 1. The number of carbonyl (C=O) groups excluding carboxylic acids is 1. The van der Waals surface area contributed by atoms with Crippen LogP contribution in [0.5, 0.6) is 5.75 Å². The van der Waals surface area contributed by atoms with E-state index in [0.717, 1.165) is 30.9 Å². The van der Waals surface area contributed by atoms with Crippen molar-refractivity contribution in [2.75, 3.05) is 18.5 Å². The number of nitrogens with one attached hydrogen (secondary N) is 2. The first-order valence-corrected chi connectivity index (χ1v) is 7.15. The Balaban J connectivity index is 1.58. The molecule has 1 aromatic carbocycles. The summed E-state index contributed by atoms with van der Waals surface area (Å²) in [6.07, 6.45) is 1.71. The van der Waals surface area contributed by atoms with Gasteiger partial charge in [-0.1, -0.05) is 12.1 Å². The largest absolute Gasteiger partial charge is 0.477 e. The van der Waals surface area contributed by atoms with E-state index in [4.69, 9.17) is 9.47 Å². The molecule has 3 rings (SSSR count). The molecule has 1 fully saturated rings. The summed E-state index contributed by atoms with van der Waals surface area (Å²) in [5.41, 5.74) is 0.934. The number of hydrogen-bond acceptors (Lipinski definition) is 4. The number of ether oxygens (including phenoxy) is 2. The molecule has 1 amide bonds. The van der Waals surface area contributed by atoms with Gasteiger partial charge in [0.15, 0.2) is 6.10 Å². The highest BCUT2D eigenvalue weighted by atomic mass is 16.5. The average Bonchev–Trinajstić information content (AvgIpc) is 3.01. The van der Waals surface area contributed by atoms with Crippen molar-refractivity contribution in [3.05, 3.63) is 24.3 Å². The van der Waals surface area contributed by atoms with Crippen molar-refractivity contribution in [2.45, 2.75) is 38.0 Å². The van der Waals surface area contributed by atoms with E-state index in [0.29, 0.717) is 6.54 Å². The van der Waals surface area contributed by atoms with E-state index in [1.54, 1.807) is 0 Å². The molecule has 0 aliphatic carbocycles. The summed E-state index contributed by atoms with van der Waals surface area (Å²) in [6.45, 7) is 3.26. The summed E-state index contributed by atoms with van der Waals surface area (Å²) in [5, 5.41) is 6.21. The summed E-state index contributed by atoms with van der Waals surface area (Å²) in [7, 11) is 0. The van der Waals surface area contributed by atoms with Crippen LogP contribution in [0, 0.1) is 0 Å². The second-order valence-electron chi connectivity index (χ2n) is 5.33. The van der Waals surface area contributed by atoms with Gasteiger partial charge in [0, 0.05) is 6.61 Å². The first kappa shape index (κ1) is 13.2. The molecule has 0 saturated carbocycles. The first-order chi connectivity index (χ1) is 9.74. The van der Waals surface area contributed by atoms with Crippen LogP contribution in [0.2, 0.25) is 0 Å². The predicted molar refractivity (Wildman–Crippen MR) is 75.9 cm³/mol. The van der Waals surface area contributed by atoms with Gasteiger partial charge in [-0.2, -0.15) is 0 Å². The maximum absolute atomic E-state index is 12.2. The van der Waals surface area contributed by atoms with Crippen LogP contribution in [0.25, 0.3) is 0 Å². The smallest absolute Gasteiger partial charge is 0.263 e. The van der Waals surface area contributed by atoms with E-state index in [1.807, 2.05) is 31.2 Å². The number of carbonyl (C=O) groups is 1. The van der Waals surface area contributed by atoms with E-state index in [1.165, 1.54) is 0 Å². The van der Waals surface area contributed by atoms with Gasteiger partial charge in [-0.15, -0.1) is 0 Å². The minimum Gasteiger partial charge on any atom is -0.477 e. The van der Waals surface area contributed by atoms with E-state index in [2.05, 4.69) is 10.6 Å². The molecule has 0 spiro atoms. The Morgan fingerprint density at radius 3 is 3.10 bits per heavy atom. The quantitative estimate of drug-likeness (QED) is 0.879. The van der Waals surface area contributed by atoms with Gasteiger partial charge < -0.3 is 20.1 Å². The van der Waals surface area contributed by atoms with E-state index in [9.17, 15) is 4.79 Å². The van der Waals surface area contributed by atoms with Crippen LogP contribution in [-0.4, -0.2) is 37.3 Å². The number of fused-ring (bicyclic) bond motifs is 1. The Bertz CT molecular complexity index is 486. The Hall–Kier alpha value is -1.75. The molecule has 5 heteroatoms. The van der Waals surface area contributed by atoms with Gasteiger partial charge in [-0.25, -0.2) is 0 Å². The summed E-state index contributed by atoms with van der Waals surface area (Å²) >= 11 is 0. The molecular formula is C15H20N2O3. The van der Waals surface area contributed by atoms with Crippen molar-refractivity contribution in [3.63, 3.8) is 0 Å². The summed E-state index contributed by atoms with van der Waals surface area (Å²) < 4.78 is 11.3. The zero-order valence-electron chi connectivity index (χ0n) is 11.6. The molecule has 20 heavy (non-hydrogen) atoms. The Morgan fingerprint density at radius 2 is 2.30 bits per heavy atom. The van der Waals surface area contributed by atoms with Crippen molar-refractivity contribution in [1.82, 2.24) is 5.32 Å². The number of amides is 1. The van der Waals surface area contributed by atoms with Crippen molar-refractivity contribution in [2.24, 2.45) is 0 Å². The molecule has 5 nitrogen and oxygen atoms in total. The predicted octanol–water partition coefficient (Wildman–Crippen LogP) is 1.54. The van der Waals surface area contributed by atoms with E-state index in [-0.39, 0.29) is 18.1 Å². The second-order valence-corrected chi connectivity index (χ2v) is 5.33. The fourth-order valence-electron chi connectivity index (χ4n) is 2.67. The van der Waals surface area contributed by atoms with Gasteiger partial charge in [0.25, 0.3) is 5.91 Å². The average molecular weight is 276 g/mol. The lowest BCUT2D eigenvalue weighted by atomic mass is 10.1. The number of hydrogen-bond donors (Lipinski definition) is 2. The number of para-hydroxylation sites is 2. The fourth-order valence-corrected chi connectivity index (χ4v) is 2.67. The van der Waals surface area contributed by atoms with Crippen molar-refractivity contribution >= 4 is 11.6 Å². The third-order valence-corrected chi connectivity index (χ3v) is 3.82. The molecule has 2 aliphatic rings. The lowest BCUT2D eigenvalue weighted by Crippen LogP contribution is -2.50. The molecule has 1 aromatic rings. The van der Waals surface area contributed by atoms with Crippen LogP contribution in [0.1, 0.15) is 19.8 Å². The standard InChI is InChI=1S/C15H20N2O3/c1-10(12-7-4-8-19-12)17-15(18)14-9-16-11-5-2-3-6-13(11)20-14/h2-3,5-6,10,12,14,16H,4,7-9H2,1H3,(H,17,18). The third kappa shape index (κ3) is 2.72. The molecule has 108 valence electrons. The highest BCUT2D eigenvalue weighted by Gasteiger charge is 2.29. The van der Waals surface area contributed by atoms with Crippen LogP contribution in [0.4, 0.5) is 5.69 Å². The topological polar surface area (TPSA) is 59.6 Å². The second kappa shape index (κ2) is 5.71. The van der Waals surface area contributed by atoms with E-state index < -0.39 is 6.10 Å². The Kier molecular flexibility index (Phi) is 3.78. The highest BCUT2D eigenvalue weighted by molar-refractivity contribution is 5.83. The van der Waals surface area contributed by atoms with E-state index >= 15 is 0 Å². The van der Waals surface area contributed by atoms with Crippen LogP contribution >= 0.6 is 0 Å². The fraction of sp³-hybridized carbons (Fsp3) is 0.533. The maximum Gasteiger partial charge on any atom is 0.263 e. The highest BCUT2D eigenvalue weighted by Crippen LogP contribution is 2.28. The molecule has 1 saturated heterocycles. The zero-order chi connectivity index (χ0) is 13.9. The minimum atomic E-state index is -0.492. The Labute approximate surface area is 118 Å². The van der Waals surface area contributed by atoms with Crippen molar-refractivity contribution < 1.29 is 14.3 Å². The number of rotatable bonds is 3. The molecule has 0 bridgehead atoms. The van der Waals surface area contributed by atoms with Crippen molar-refractivity contribution in [3.8, 4) is 5.75 Å². The first-order valence-electron chi connectivity index (χ1n) is 7.15. The third-order valence-electron chi connectivity index (χ3n) is 3.82. The molecule has 0 aromatic heterocycles. The SMILES string of the molecule is CC(NC(=O)C1CNc2ccccc2O1)C1CCCO1. The van der Waals surface area contributed by atoms with Gasteiger partial charge in [0.1, 0.15) is 5.75 Å². The van der Waals surface area contributed by atoms with Crippen LogP contribution in [-0.2, 0) is 9.53 Å². The van der Waals surface area contributed by atoms with Gasteiger partial charge in [0.05, 0.1) is 24.4 Å². The lowest BCUT2D eigenvalue weighted by molar-refractivity contribution is -0.129. The van der Waals surface area contributed by atoms with Gasteiger partial charge in [0.2, 0.25) is 0 Å². The van der Waals surface area contributed by atoms with Gasteiger partial charge in [-0.3, -0.25) is 4.79 Å². The zero-order valence-corrected chi connectivity index (χ0v) is 11.6. The lowest BCUT2D eigenvalue weighted by Gasteiger charge is -2.28. The van der Waals surface area contributed by atoms with Crippen molar-refractivity contribution in [1.29, 1.82) is 0 Å². The molecule has 0 radical (unpaired) electrons. The molecule has 3 atom stereocenters. The summed E-state index contributed by atoms with van der Waals surface area (Å²) in [4.78, 5) is 12.2. The minimum absolute atomic E-state index is 0.0192. The molecule has 2 heterocycles.